The van der Waals surface area contributed by atoms with Crippen molar-refractivity contribution < 1.29 is 5.11 Å². The average Bonchev–Trinajstić information content (AvgIpc) is 2.50. The van der Waals surface area contributed by atoms with Crippen molar-refractivity contribution in [3.05, 3.63) is 31.1 Å². The van der Waals surface area contributed by atoms with E-state index in [0.717, 1.165) is 10.0 Å². The van der Waals surface area contributed by atoms with E-state index in [1.54, 1.807) is 11.3 Å². The lowest BCUT2D eigenvalue weighted by Crippen LogP contribution is -1.84. The second-order valence-corrected chi connectivity index (χ2v) is 5.55. The normalized spacial score (nSPS) is 11.0. The highest BCUT2D eigenvalue weighted by Gasteiger charge is 2.08. The van der Waals surface area contributed by atoms with Crippen molar-refractivity contribution in [1.29, 1.82) is 0 Å². The van der Waals surface area contributed by atoms with E-state index in [9.17, 15) is 0 Å². The summed E-state index contributed by atoms with van der Waals surface area (Å²) >= 11 is 7.48. The molecule has 0 aliphatic rings. The second-order valence-electron chi connectivity index (χ2n) is 2.65. The Bertz CT molecular complexity index is 452. The molecule has 2 aromatic rings. The number of halogens is 2. The van der Waals surface area contributed by atoms with Crippen LogP contribution in [0.2, 0.25) is 0 Å². The lowest BCUT2D eigenvalue weighted by molar-refractivity contribution is 0.283. The number of aliphatic hydroxyl groups is 1. The molecule has 0 unspecified atom stereocenters. The molecule has 1 heterocycles. The topological polar surface area (TPSA) is 20.2 Å². The third-order valence-corrected chi connectivity index (χ3v) is 4.76. The molecule has 0 fully saturated rings. The maximum atomic E-state index is 9.12. The third-order valence-electron chi connectivity index (χ3n) is 1.88. The van der Waals surface area contributed by atoms with E-state index >= 15 is 0 Å². The van der Waals surface area contributed by atoms with Gasteiger partial charge in [0.25, 0.3) is 0 Å². The fraction of sp³-hybridized carbons (Fsp3) is 0.111. The highest BCUT2D eigenvalue weighted by molar-refractivity contribution is 14.1. The number of thiophene rings is 1. The van der Waals surface area contributed by atoms with Crippen molar-refractivity contribution in [3.63, 3.8) is 0 Å². The van der Waals surface area contributed by atoms with Crippen LogP contribution in [0.1, 0.15) is 5.56 Å². The van der Waals surface area contributed by atoms with Crippen molar-refractivity contribution >= 4 is 59.9 Å². The van der Waals surface area contributed by atoms with Gasteiger partial charge in [-0.25, -0.2) is 0 Å². The zero-order valence-electron chi connectivity index (χ0n) is 6.55. The number of benzene rings is 1. The molecule has 1 nitrogen and oxygen atoms in total. The maximum Gasteiger partial charge on any atom is 0.0695 e. The van der Waals surface area contributed by atoms with Crippen LogP contribution in [-0.4, -0.2) is 5.11 Å². The first-order valence-corrected chi connectivity index (χ1v) is 6.44. The molecule has 1 aromatic carbocycles. The molecule has 0 atom stereocenters. The Hall–Kier alpha value is 0.350. The first-order chi connectivity index (χ1) is 6.24. The van der Waals surface area contributed by atoms with Crippen LogP contribution in [0.25, 0.3) is 10.1 Å². The van der Waals surface area contributed by atoms with Gasteiger partial charge in [0.1, 0.15) is 0 Å². The fourth-order valence-corrected chi connectivity index (χ4v) is 4.33. The predicted molar refractivity (Wildman–Crippen MR) is 68.2 cm³/mol. The minimum atomic E-state index is 0.111. The van der Waals surface area contributed by atoms with Gasteiger partial charge in [-0.2, -0.15) is 0 Å². The van der Waals surface area contributed by atoms with Crippen LogP contribution in [-0.2, 0) is 6.61 Å². The SMILES string of the molecule is OCc1ccc(I)c2c(Br)csc12. The largest absolute Gasteiger partial charge is 0.392 e. The van der Waals surface area contributed by atoms with Gasteiger partial charge in [-0.15, -0.1) is 11.3 Å². The predicted octanol–water partition coefficient (Wildman–Crippen LogP) is 3.76. The highest BCUT2D eigenvalue weighted by atomic mass is 127. The van der Waals surface area contributed by atoms with Gasteiger partial charge in [0.15, 0.2) is 0 Å². The van der Waals surface area contributed by atoms with Gasteiger partial charge in [0.05, 0.1) is 6.61 Å². The van der Waals surface area contributed by atoms with Gasteiger partial charge < -0.3 is 5.11 Å². The Morgan fingerprint density at radius 2 is 2.23 bits per heavy atom. The highest BCUT2D eigenvalue weighted by Crippen LogP contribution is 2.35. The van der Waals surface area contributed by atoms with E-state index in [-0.39, 0.29) is 6.61 Å². The molecule has 0 amide bonds. The summed E-state index contributed by atoms with van der Waals surface area (Å²) in [5.74, 6) is 0. The minimum absolute atomic E-state index is 0.111. The van der Waals surface area contributed by atoms with E-state index in [1.807, 2.05) is 12.1 Å². The van der Waals surface area contributed by atoms with E-state index in [4.69, 9.17) is 5.11 Å². The van der Waals surface area contributed by atoms with E-state index < -0.39 is 0 Å². The molecule has 2 rings (SSSR count). The summed E-state index contributed by atoms with van der Waals surface area (Å²) in [6.45, 7) is 0.111. The summed E-state index contributed by atoms with van der Waals surface area (Å²) in [6, 6.07) is 4.01. The molecule has 0 aliphatic carbocycles. The summed E-state index contributed by atoms with van der Waals surface area (Å²) in [7, 11) is 0. The molecule has 1 aromatic heterocycles. The summed E-state index contributed by atoms with van der Waals surface area (Å²) in [5, 5.41) is 12.4. The van der Waals surface area contributed by atoms with Crippen LogP contribution in [0.15, 0.2) is 22.0 Å². The standard InChI is InChI=1S/C9H6BrIOS/c10-6-4-13-9-5(3-12)1-2-7(11)8(6)9/h1-2,4,12H,3H2. The van der Waals surface area contributed by atoms with Crippen molar-refractivity contribution in [2.45, 2.75) is 6.61 Å². The first-order valence-electron chi connectivity index (χ1n) is 3.69. The Morgan fingerprint density at radius 1 is 1.46 bits per heavy atom. The molecule has 0 aliphatic heterocycles. The number of rotatable bonds is 1. The number of aliphatic hydroxyl groups excluding tert-OH is 1. The van der Waals surface area contributed by atoms with Crippen molar-refractivity contribution in [1.82, 2.24) is 0 Å². The van der Waals surface area contributed by atoms with Gasteiger partial charge in [0.2, 0.25) is 0 Å². The van der Waals surface area contributed by atoms with Crippen LogP contribution < -0.4 is 0 Å². The zero-order valence-corrected chi connectivity index (χ0v) is 11.1. The molecule has 0 bridgehead atoms. The molecule has 68 valence electrons. The Kier molecular flexibility index (Phi) is 2.92. The minimum Gasteiger partial charge on any atom is -0.392 e. The molecule has 0 saturated carbocycles. The summed E-state index contributed by atoms with van der Waals surface area (Å²) in [4.78, 5) is 0. The lowest BCUT2D eigenvalue weighted by atomic mass is 10.2. The number of hydrogen-bond donors (Lipinski definition) is 1. The molecular formula is C9H6BrIOS. The smallest absolute Gasteiger partial charge is 0.0695 e. The number of fused-ring (bicyclic) bond motifs is 1. The molecular weight excluding hydrogens is 363 g/mol. The van der Waals surface area contributed by atoms with Gasteiger partial charge in [0, 0.05) is 23.5 Å². The van der Waals surface area contributed by atoms with Crippen molar-refractivity contribution in [3.8, 4) is 0 Å². The lowest BCUT2D eigenvalue weighted by Gasteiger charge is -2.00. The molecule has 0 spiro atoms. The molecule has 4 heteroatoms. The first kappa shape index (κ1) is 9.89. The van der Waals surface area contributed by atoms with Crippen molar-refractivity contribution in [2.24, 2.45) is 0 Å². The van der Waals surface area contributed by atoms with Gasteiger partial charge in [-0.1, -0.05) is 6.07 Å². The Morgan fingerprint density at radius 3 is 2.92 bits per heavy atom. The quantitative estimate of drug-likeness (QED) is 0.760. The molecule has 13 heavy (non-hydrogen) atoms. The molecule has 0 radical (unpaired) electrons. The summed E-state index contributed by atoms with van der Waals surface area (Å²) in [6.07, 6.45) is 0. The monoisotopic (exact) mass is 368 g/mol. The fourth-order valence-electron chi connectivity index (χ4n) is 1.25. The second kappa shape index (κ2) is 3.84. The van der Waals surface area contributed by atoms with Crippen LogP contribution in [0.5, 0.6) is 0 Å². The Labute approximate surface area is 102 Å². The van der Waals surface area contributed by atoms with E-state index in [0.29, 0.717) is 0 Å². The number of hydrogen-bond acceptors (Lipinski definition) is 2. The van der Waals surface area contributed by atoms with Crippen LogP contribution >= 0.6 is 49.9 Å². The molecule has 1 N–H and O–H groups in total. The van der Waals surface area contributed by atoms with Crippen molar-refractivity contribution in [2.75, 3.05) is 0 Å². The van der Waals surface area contributed by atoms with Crippen LogP contribution in [0.4, 0.5) is 0 Å². The summed E-state index contributed by atoms with van der Waals surface area (Å²) < 4.78 is 3.52. The van der Waals surface area contributed by atoms with Crippen LogP contribution in [0, 0.1) is 3.57 Å². The van der Waals surface area contributed by atoms with E-state index in [1.165, 1.54) is 13.7 Å². The van der Waals surface area contributed by atoms with Gasteiger partial charge in [-0.3, -0.25) is 0 Å². The zero-order chi connectivity index (χ0) is 9.42. The van der Waals surface area contributed by atoms with Gasteiger partial charge >= 0.3 is 0 Å². The Balaban J connectivity index is 2.87. The van der Waals surface area contributed by atoms with Crippen LogP contribution in [0.3, 0.4) is 0 Å². The summed E-state index contributed by atoms with van der Waals surface area (Å²) in [5.41, 5.74) is 1.01. The van der Waals surface area contributed by atoms with Gasteiger partial charge in [-0.05, 0) is 50.2 Å². The van der Waals surface area contributed by atoms with E-state index in [2.05, 4.69) is 43.9 Å². The molecule has 0 saturated heterocycles. The third kappa shape index (κ3) is 1.65. The average molecular weight is 369 g/mol. The maximum absolute atomic E-state index is 9.12.